The van der Waals surface area contributed by atoms with Crippen molar-refractivity contribution in [2.75, 3.05) is 20.0 Å². The van der Waals surface area contributed by atoms with Crippen molar-refractivity contribution in [2.24, 2.45) is 0 Å². The molecule has 2 N–H and O–H groups in total. The van der Waals surface area contributed by atoms with E-state index in [1.54, 1.807) is 38.6 Å². The Balaban J connectivity index is 2.13. The summed E-state index contributed by atoms with van der Waals surface area (Å²) in [5, 5.41) is 0. The van der Waals surface area contributed by atoms with Gasteiger partial charge in [0, 0.05) is 30.0 Å². The Morgan fingerprint density at radius 1 is 1.05 bits per heavy atom. The molecule has 0 atom stereocenters. The van der Waals surface area contributed by atoms with Gasteiger partial charge in [0.1, 0.15) is 29.7 Å². The predicted octanol–water partition coefficient (Wildman–Crippen LogP) is 2.26. The van der Waals surface area contributed by atoms with Gasteiger partial charge in [-0.25, -0.2) is 4.98 Å². The molecule has 0 spiro atoms. The number of hydrogen-bond acceptors (Lipinski definition) is 5. The van der Waals surface area contributed by atoms with Crippen LogP contribution in [0.3, 0.4) is 0 Å². The molecule has 1 aromatic carbocycles. The fourth-order valence-electron chi connectivity index (χ4n) is 1.60. The molecule has 0 fully saturated rings. The maximum Gasteiger partial charge on any atom is 0.129 e. The average molecular weight is 260 g/mol. The van der Waals surface area contributed by atoms with Crippen LogP contribution >= 0.6 is 0 Å². The first-order valence-electron chi connectivity index (χ1n) is 5.78. The first-order valence-corrected chi connectivity index (χ1v) is 5.78. The molecule has 2 aromatic rings. The van der Waals surface area contributed by atoms with Crippen molar-refractivity contribution in [3.8, 4) is 17.2 Å². The average Bonchev–Trinajstić information content (AvgIpc) is 2.46. The number of ether oxygens (including phenoxy) is 3. The van der Waals surface area contributed by atoms with Crippen molar-refractivity contribution in [1.29, 1.82) is 0 Å². The third kappa shape index (κ3) is 3.28. The molecule has 1 heterocycles. The summed E-state index contributed by atoms with van der Waals surface area (Å²) >= 11 is 0. The summed E-state index contributed by atoms with van der Waals surface area (Å²) in [6.07, 6.45) is 1.65. The molecule has 0 aliphatic heterocycles. The lowest BCUT2D eigenvalue weighted by atomic mass is 10.2. The monoisotopic (exact) mass is 260 g/mol. The van der Waals surface area contributed by atoms with Gasteiger partial charge in [-0.1, -0.05) is 6.07 Å². The quantitative estimate of drug-likeness (QED) is 0.893. The van der Waals surface area contributed by atoms with Crippen molar-refractivity contribution < 1.29 is 14.2 Å². The van der Waals surface area contributed by atoms with E-state index in [4.69, 9.17) is 19.9 Å². The van der Waals surface area contributed by atoms with E-state index in [0.29, 0.717) is 29.7 Å². The second-order valence-electron chi connectivity index (χ2n) is 3.88. The molecule has 5 heteroatoms. The van der Waals surface area contributed by atoms with Gasteiger partial charge < -0.3 is 19.9 Å². The van der Waals surface area contributed by atoms with Crippen LogP contribution < -0.4 is 19.9 Å². The SMILES string of the molecule is COc1cc(OC)cc(OCc2cccnc2N)c1. The van der Waals surface area contributed by atoms with Gasteiger partial charge in [0.2, 0.25) is 0 Å². The number of nitrogens with two attached hydrogens (primary N) is 1. The van der Waals surface area contributed by atoms with E-state index in [9.17, 15) is 0 Å². The molecule has 0 aliphatic rings. The zero-order valence-corrected chi connectivity index (χ0v) is 10.9. The standard InChI is InChI=1S/C14H16N2O3/c1-17-11-6-12(18-2)8-13(7-11)19-9-10-4-3-5-16-14(10)15/h3-8H,9H2,1-2H3,(H2,15,16). The van der Waals surface area contributed by atoms with Gasteiger partial charge in [-0.15, -0.1) is 0 Å². The predicted molar refractivity (Wildman–Crippen MR) is 72.5 cm³/mol. The highest BCUT2D eigenvalue weighted by Gasteiger charge is 2.05. The van der Waals surface area contributed by atoms with E-state index >= 15 is 0 Å². The zero-order valence-electron chi connectivity index (χ0n) is 10.9. The molecular weight excluding hydrogens is 244 g/mol. The highest BCUT2D eigenvalue weighted by Crippen LogP contribution is 2.28. The number of rotatable bonds is 5. The Hall–Kier alpha value is -2.43. The van der Waals surface area contributed by atoms with Crippen molar-refractivity contribution in [3.63, 3.8) is 0 Å². The van der Waals surface area contributed by atoms with Crippen LogP contribution in [0.15, 0.2) is 36.5 Å². The summed E-state index contributed by atoms with van der Waals surface area (Å²) in [5.74, 6) is 2.47. The molecule has 0 saturated carbocycles. The van der Waals surface area contributed by atoms with E-state index in [1.165, 1.54) is 0 Å². The Labute approximate surface area is 111 Å². The molecule has 2 rings (SSSR count). The largest absolute Gasteiger partial charge is 0.496 e. The normalized spacial score (nSPS) is 10.0. The molecule has 0 aliphatic carbocycles. The van der Waals surface area contributed by atoms with Crippen molar-refractivity contribution >= 4 is 5.82 Å². The minimum Gasteiger partial charge on any atom is -0.496 e. The second kappa shape index (κ2) is 5.95. The lowest BCUT2D eigenvalue weighted by Crippen LogP contribution is -2.02. The van der Waals surface area contributed by atoms with Crippen LogP contribution in [-0.2, 0) is 6.61 Å². The number of hydrogen-bond donors (Lipinski definition) is 1. The smallest absolute Gasteiger partial charge is 0.129 e. The highest BCUT2D eigenvalue weighted by atomic mass is 16.5. The molecule has 0 saturated heterocycles. The van der Waals surface area contributed by atoms with Gasteiger partial charge in [-0.05, 0) is 6.07 Å². The number of benzene rings is 1. The van der Waals surface area contributed by atoms with E-state index in [2.05, 4.69) is 4.98 Å². The topological polar surface area (TPSA) is 66.6 Å². The number of aromatic nitrogens is 1. The number of pyridine rings is 1. The Bertz CT molecular complexity index is 536. The lowest BCUT2D eigenvalue weighted by Gasteiger charge is -2.11. The number of methoxy groups -OCH3 is 2. The highest BCUT2D eigenvalue weighted by molar-refractivity contribution is 5.43. The van der Waals surface area contributed by atoms with Crippen LogP contribution in [0, 0.1) is 0 Å². The van der Waals surface area contributed by atoms with Gasteiger partial charge in [0.15, 0.2) is 0 Å². The third-order valence-corrected chi connectivity index (χ3v) is 2.65. The number of nitrogen functional groups attached to an aromatic ring is 1. The van der Waals surface area contributed by atoms with Crippen molar-refractivity contribution in [2.45, 2.75) is 6.61 Å². The summed E-state index contributed by atoms with van der Waals surface area (Å²) in [7, 11) is 3.19. The molecule has 0 amide bonds. The van der Waals surface area contributed by atoms with Crippen LogP contribution in [-0.4, -0.2) is 19.2 Å². The Morgan fingerprint density at radius 3 is 2.26 bits per heavy atom. The van der Waals surface area contributed by atoms with E-state index in [-0.39, 0.29) is 0 Å². The fourth-order valence-corrected chi connectivity index (χ4v) is 1.60. The van der Waals surface area contributed by atoms with Crippen LogP contribution in [0.4, 0.5) is 5.82 Å². The summed E-state index contributed by atoms with van der Waals surface area (Å²) in [4.78, 5) is 4.01. The van der Waals surface area contributed by atoms with E-state index in [1.807, 2.05) is 12.1 Å². The molecule has 0 bridgehead atoms. The lowest BCUT2D eigenvalue weighted by molar-refractivity contribution is 0.300. The minimum absolute atomic E-state index is 0.343. The number of anilines is 1. The van der Waals surface area contributed by atoms with Gasteiger partial charge in [-0.3, -0.25) is 0 Å². The zero-order chi connectivity index (χ0) is 13.7. The van der Waals surface area contributed by atoms with Crippen molar-refractivity contribution in [1.82, 2.24) is 4.98 Å². The first kappa shape index (κ1) is 13.0. The summed E-state index contributed by atoms with van der Waals surface area (Å²) in [5.41, 5.74) is 6.59. The summed E-state index contributed by atoms with van der Waals surface area (Å²) in [6.45, 7) is 0.343. The van der Waals surface area contributed by atoms with Gasteiger partial charge >= 0.3 is 0 Å². The molecular formula is C14H16N2O3. The maximum absolute atomic E-state index is 5.76. The minimum atomic E-state index is 0.343. The van der Waals surface area contributed by atoms with Crippen LogP contribution in [0.5, 0.6) is 17.2 Å². The summed E-state index contributed by atoms with van der Waals surface area (Å²) in [6, 6.07) is 9.05. The van der Waals surface area contributed by atoms with Crippen LogP contribution in [0.25, 0.3) is 0 Å². The molecule has 100 valence electrons. The molecule has 0 unspecified atom stereocenters. The van der Waals surface area contributed by atoms with Crippen LogP contribution in [0.2, 0.25) is 0 Å². The van der Waals surface area contributed by atoms with Crippen LogP contribution in [0.1, 0.15) is 5.56 Å². The van der Waals surface area contributed by atoms with E-state index < -0.39 is 0 Å². The maximum atomic E-state index is 5.76. The molecule has 0 radical (unpaired) electrons. The molecule has 1 aromatic heterocycles. The fraction of sp³-hybridized carbons (Fsp3) is 0.214. The van der Waals surface area contributed by atoms with Gasteiger partial charge in [0.05, 0.1) is 14.2 Å². The molecule has 19 heavy (non-hydrogen) atoms. The van der Waals surface area contributed by atoms with Gasteiger partial charge in [-0.2, -0.15) is 0 Å². The summed E-state index contributed by atoms with van der Waals surface area (Å²) < 4.78 is 16.0. The van der Waals surface area contributed by atoms with E-state index in [0.717, 1.165) is 5.56 Å². The first-order chi connectivity index (χ1) is 9.22. The Kier molecular flexibility index (Phi) is 4.07. The van der Waals surface area contributed by atoms with Gasteiger partial charge in [0.25, 0.3) is 0 Å². The Morgan fingerprint density at radius 2 is 1.68 bits per heavy atom. The number of nitrogens with zero attached hydrogens (tertiary/aromatic N) is 1. The van der Waals surface area contributed by atoms with Crippen molar-refractivity contribution in [3.05, 3.63) is 42.1 Å². The third-order valence-electron chi connectivity index (χ3n) is 2.65. The molecule has 5 nitrogen and oxygen atoms in total. The second-order valence-corrected chi connectivity index (χ2v) is 3.88.